The van der Waals surface area contributed by atoms with Crippen LogP contribution in [0.5, 0.6) is 0 Å². The maximum absolute atomic E-state index is 2.55. The first-order valence-corrected chi connectivity index (χ1v) is 25.3. The molecule has 0 saturated heterocycles. The molecule has 340 valence electrons. The summed E-state index contributed by atoms with van der Waals surface area (Å²) >= 11 is 0. The van der Waals surface area contributed by atoms with Crippen molar-refractivity contribution < 1.29 is 0 Å². The molecule has 1 heterocycles. The van der Waals surface area contributed by atoms with Gasteiger partial charge in [0.05, 0.1) is 16.7 Å². The van der Waals surface area contributed by atoms with Crippen molar-refractivity contribution in [1.29, 1.82) is 0 Å². The van der Waals surface area contributed by atoms with Crippen LogP contribution in [0.1, 0.15) is 74.9 Å². The molecular weight excluding hydrogens is 857 g/mol. The standard InChI is InChI=1S/C69H54N2/c1-67(2)57-28-16-13-25-50(57)51-35-32-45(38-59(51)67)70(63-30-17-14-24-48(63)43-20-9-7-10-21-43)47-34-37-54-53-26-15-18-31-64(53)71(65(54)40-47)46-33-36-52-55-41-62-56(42-61(55)69(5,6)60(52)39-46)66-49(44-22-11-8-12-23-44)27-19-29-58(66)68(62,3)4/h7-42H,1-6H3. The number of fused-ring (bicyclic) bond motifs is 12. The number of hydrogen-bond acceptors (Lipinski definition) is 1. The third kappa shape index (κ3) is 5.88. The summed E-state index contributed by atoms with van der Waals surface area (Å²) in [6, 6.07) is 82.0. The van der Waals surface area contributed by atoms with Gasteiger partial charge in [-0.25, -0.2) is 0 Å². The summed E-state index contributed by atoms with van der Waals surface area (Å²) in [4.78, 5) is 2.49. The van der Waals surface area contributed by atoms with Gasteiger partial charge in [0, 0.05) is 49.6 Å². The van der Waals surface area contributed by atoms with Crippen LogP contribution in [-0.4, -0.2) is 4.57 Å². The topological polar surface area (TPSA) is 8.17 Å². The maximum Gasteiger partial charge on any atom is 0.0561 e. The molecule has 0 bridgehead atoms. The van der Waals surface area contributed by atoms with E-state index in [-0.39, 0.29) is 16.2 Å². The molecule has 11 aromatic rings. The Bertz CT molecular complexity index is 4010. The Hall–Kier alpha value is -8.20. The smallest absolute Gasteiger partial charge is 0.0561 e. The number of hydrogen-bond donors (Lipinski definition) is 0. The molecule has 0 unspecified atom stereocenters. The van der Waals surface area contributed by atoms with Crippen molar-refractivity contribution in [2.24, 2.45) is 0 Å². The van der Waals surface area contributed by atoms with Crippen LogP contribution in [0.4, 0.5) is 17.1 Å². The summed E-state index contributed by atoms with van der Waals surface area (Å²) in [6.45, 7) is 14.4. The minimum atomic E-state index is -0.229. The fourth-order valence-electron chi connectivity index (χ4n) is 13.2. The average molecular weight is 911 g/mol. The average Bonchev–Trinajstić information content (AvgIpc) is 4.02. The molecule has 3 aliphatic rings. The van der Waals surface area contributed by atoms with Crippen LogP contribution in [0.2, 0.25) is 0 Å². The van der Waals surface area contributed by atoms with E-state index in [0.29, 0.717) is 0 Å². The molecular formula is C69H54N2. The van der Waals surface area contributed by atoms with Gasteiger partial charge in [0.1, 0.15) is 0 Å². The van der Waals surface area contributed by atoms with E-state index in [1.54, 1.807) is 0 Å². The molecule has 0 saturated carbocycles. The second-order valence-corrected chi connectivity index (χ2v) is 21.7. The van der Waals surface area contributed by atoms with Crippen molar-refractivity contribution in [1.82, 2.24) is 4.57 Å². The van der Waals surface area contributed by atoms with Crippen LogP contribution < -0.4 is 4.90 Å². The second-order valence-electron chi connectivity index (χ2n) is 21.7. The number of para-hydroxylation sites is 2. The minimum Gasteiger partial charge on any atom is -0.310 e. The Kier molecular flexibility index (Phi) is 8.76. The van der Waals surface area contributed by atoms with Crippen LogP contribution in [0.25, 0.3) is 83.1 Å². The van der Waals surface area contributed by atoms with Gasteiger partial charge in [-0.1, -0.05) is 199 Å². The highest BCUT2D eigenvalue weighted by Crippen LogP contribution is 2.58. The largest absolute Gasteiger partial charge is 0.310 e. The van der Waals surface area contributed by atoms with Gasteiger partial charge >= 0.3 is 0 Å². The Morgan fingerprint density at radius 3 is 1.62 bits per heavy atom. The first kappa shape index (κ1) is 41.7. The molecule has 71 heavy (non-hydrogen) atoms. The second kappa shape index (κ2) is 14.9. The lowest BCUT2D eigenvalue weighted by atomic mass is 9.79. The molecule has 0 N–H and O–H groups in total. The van der Waals surface area contributed by atoms with E-state index >= 15 is 0 Å². The van der Waals surface area contributed by atoms with Crippen molar-refractivity contribution >= 4 is 38.9 Å². The molecule has 0 radical (unpaired) electrons. The van der Waals surface area contributed by atoms with Crippen LogP contribution in [0.3, 0.4) is 0 Å². The van der Waals surface area contributed by atoms with Gasteiger partial charge in [-0.3, -0.25) is 0 Å². The van der Waals surface area contributed by atoms with Crippen LogP contribution in [0.15, 0.2) is 218 Å². The van der Waals surface area contributed by atoms with Crippen molar-refractivity contribution in [2.75, 3.05) is 4.90 Å². The maximum atomic E-state index is 2.55. The van der Waals surface area contributed by atoms with Gasteiger partial charge in [0.15, 0.2) is 0 Å². The quantitative estimate of drug-likeness (QED) is 0.161. The minimum absolute atomic E-state index is 0.130. The summed E-state index contributed by atoms with van der Waals surface area (Å²) in [5.74, 6) is 0. The van der Waals surface area contributed by atoms with Crippen molar-refractivity contribution in [3.05, 3.63) is 252 Å². The van der Waals surface area contributed by atoms with E-state index in [1.807, 2.05) is 0 Å². The summed E-state index contributed by atoms with van der Waals surface area (Å²) in [5, 5.41) is 2.48. The Labute approximate surface area is 417 Å². The van der Waals surface area contributed by atoms with Gasteiger partial charge in [-0.05, 0) is 144 Å². The summed E-state index contributed by atoms with van der Waals surface area (Å²) in [5.41, 5.74) is 27.8. The predicted octanol–water partition coefficient (Wildman–Crippen LogP) is 18.5. The Morgan fingerprint density at radius 2 is 0.817 bits per heavy atom. The van der Waals surface area contributed by atoms with Gasteiger partial charge in [0.25, 0.3) is 0 Å². The summed E-state index contributed by atoms with van der Waals surface area (Å²) in [6.07, 6.45) is 0. The van der Waals surface area contributed by atoms with E-state index < -0.39 is 0 Å². The van der Waals surface area contributed by atoms with E-state index in [1.165, 1.54) is 117 Å². The van der Waals surface area contributed by atoms with Gasteiger partial charge in [-0.2, -0.15) is 0 Å². The van der Waals surface area contributed by atoms with E-state index in [0.717, 1.165) is 17.1 Å². The number of aromatic nitrogens is 1. The highest BCUT2D eigenvalue weighted by molar-refractivity contribution is 6.11. The fourth-order valence-corrected chi connectivity index (χ4v) is 13.2. The molecule has 0 amide bonds. The van der Waals surface area contributed by atoms with Crippen LogP contribution >= 0.6 is 0 Å². The van der Waals surface area contributed by atoms with E-state index in [4.69, 9.17) is 0 Å². The molecule has 3 aliphatic carbocycles. The Morgan fingerprint density at radius 1 is 0.310 bits per heavy atom. The molecule has 0 fully saturated rings. The normalized spacial score (nSPS) is 15.0. The SMILES string of the molecule is CC1(C)c2ccccc2-c2ccc(N(c3ccc4c5ccccc5n(-c5ccc6c(c5)C(C)(C)c5cc7c(cc5-6)C(C)(C)c5cccc(-c6ccccc6)c5-7)c4c3)c3ccccc3-c3ccccc3)cc21. The number of rotatable bonds is 6. The first-order valence-electron chi connectivity index (χ1n) is 25.3. The number of anilines is 3. The third-order valence-corrected chi connectivity index (χ3v) is 16.8. The molecule has 2 heteroatoms. The highest BCUT2D eigenvalue weighted by atomic mass is 15.1. The molecule has 10 aromatic carbocycles. The summed E-state index contributed by atoms with van der Waals surface area (Å²) < 4.78 is 2.52. The number of benzene rings is 10. The predicted molar refractivity (Wildman–Crippen MR) is 299 cm³/mol. The molecule has 14 rings (SSSR count). The first-order chi connectivity index (χ1) is 34.5. The lowest BCUT2D eigenvalue weighted by Crippen LogP contribution is -2.17. The van der Waals surface area contributed by atoms with Crippen LogP contribution in [0, 0.1) is 0 Å². The zero-order valence-corrected chi connectivity index (χ0v) is 41.2. The van der Waals surface area contributed by atoms with Crippen molar-refractivity contribution in [3.8, 4) is 61.3 Å². The fraction of sp³-hybridized carbons (Fsp3) is 0.130. The molecule has 0 aliphatic heterocycles. The number of nitrogens with zero attached hydrogens (tertiary/aromatic N) is 2. The zero-order valence-electron chi connectivity index (χ0n) is 41.2. The Balaban J connectivity index is 0.948. The lowest BCUT2D eigenvalue weighted by molar-refractivity contribution is 0.652. The molecule has 0 spiro atoms. The van der Waals surface area contributed by atoms with Gasteiger partial charge < -0.3 is 9.47 Å². The lowest BCUT2D eigenvalue weighted by Gasteiger charge is -2.30. The van der Waals surface area contributed by atoms with Crippen molar-refractivity contribution in [2.45, 2.75) is 57.8 Å². The van der Waals surface area contributed by atoms with Crippen LogP contribution in [-0.2, 0) is 16.2 Å². The zero-order chi connectivity index (χ0) is 48.0. The molecule has 1 aromatic heterocycles. The monoisotopic (exact) mass is 910 g/mol. The summed E-state index contributed by atoms with van der Waals surface area (Å²) in [7, 11) is 0. The highest BCUT2D eigenvalue weighted by Gasteiger charge is 2.43. The van der Waals surface area contributed by atoms with Gasteiger partial charge in [0.2, 0.25) is 0 Å². The van der Waals surface area contributed by atoms with Gasteiger partial charge in [-0.15, -0.1) is 0 Å². The molecule has 0 atom stereocenters. The molecule has 2 nitrogen and oxygen atoms in total. The van der Waals surface area contributed by atoms with E-state index in [2.05, 4.69) is 269 Å². The van der Waals surface area contributed by atoms with E-state index in [9.17, 15) is 0 Å². The van der Waals surface area contributed by atoms with Crippen molar-refractivity contribution in [3.63, 3.8) is 0 Å². The third-order valence-electron chi connectivity index (χ3n) is 16.8.